The Morgan fingerprint density at radius 1 is 1.57 bits per heavy atom. The maximum atomic E-state index is 11.3. The molecule has 1 aromatic heterocycles. The van der Waals surface area contributed by atoms with Crippen molar-refractivity contribution >= 4 is 12.2 Å². The molecule has 0 aromatic carbocycles. The molecule has 0 saturated heterocycles. The van der Waals surface area contributed by atoms with Crippen LogP contribution in [0.5, 0.6) is 0 Å². The van der Waals surface area contributed by atoms with E-state index < -0.39 is 5.56 Å². The van der Waals surface area contributed by atoms with Crippen LogP contribution >= 0.6 is 0 Å². The Balaban J connectivity index is 3.88. The summed E-state index contributed by atoms with van der Waals surface area (Å²) in [5.41, 5.74) is -0.721. The van der Waals surface area contributed by atoms with Crippen LogP contribution in [0.3, 0.4) is 0 Å². The lowest BCUT2D eigenvalue weighted by molar-refractivity contribution is 0.467. The Morgan fingerprint density at radius 3 is 2.57 bits per heavy atom. The number of hydrogen-bond donors (Lipinski definition) is 0. The van der Waals surface area contributed by atoms with E-state index in [1.807, 2.05) is 0 Å². The molecule has 0 atom stereocenters. The van der Waals surface area contributed by atoms with Gasteiger partial charge in [0.25, 0.3) is 5.56 Å². The molecule has 0 unspecified atom stereocenters. The zero-order valence-corrected chi connectivity index (χ0v) is 7.57. The molecule has 0 bridgehead atoms. The van der Waals surface area contributed by atoms with Crippen molar-refractivity contribution in [3.63, 3.8) is 0 Å². The molecule has 0 saturated carbocycles. The molecule has 0 amide bonds. The van der Waals surface area contributed by atoms with Crippen LogP contribution in [0.2, 0.25) is 0 Å². The quantitative estimate of drug-likeness (QED) is 0.571. The fourth-order valence-corrected chi connectivity index (χ4v) is 1.05. The van der Waals surface area contributed by atoms with Crippen LogP contribution in [-0.2, 0) is 6.54 Å². The van der Waals surface area contributed by atoms with Crippen LogP contribution in [-0.4, -0.2) is 4.57 Å². The van der Waals surface area contributed by atoms with Gasteiger partial charge in [-0.25, -0.2) is 0 Å². The largest absolute Gasteiger partial charge is 0.433 e. The highest BCUT2D eigenvalue weighted by atomic mass is 16.4. The first-order valence-electron chi connectivity index (χ1n) is 3.88. The third kappa shape index (κ3) is 1.32. The van der Waals surface area contributed by atoms with Gasteiger partial charge in [0.2, 0.25) is 5.55 Å². The molecule has 1 aromatic rings. The first kappa shape index (κ1) is 9.82. The standard InChI is InChI=1S/C9H7N3O2/c1-3-12-8(13)6(2)14-9(12)7(4-10)5-11/h2-3H2,1H3. The molecule has 70 valence electrons. The number of hydrogen-bond acceptors (Lipinski definition) is 4. The lowest BCUT2D eigenvalue weighted by Gasteiger charge is -1.91. The number of aromatic nitrogens is 1. The topological polar surface area (TPSA) is 82.7 Å². The fourth-order valence-electron chi connectivity index (χ4n) is 1.05. The summed E-state index contributed by atoms with van der Waals surface area (Å²) in [6.07, 6.45) is 0. The molecule has 0 fully saturated rings. The van der Waals surface area contributed by atoms with Crippen LogP contribution in [0.1, 0.15) is 6.92 Å². The number of oxazole rings is 1. The van der Waals surface area contributed by atoms with Crippen molar-refractivity contribution in [3.05, 3.63) is 21.3 Å². The van der Waals surface area contributed by atoms with E-state index in [-0.39, 0.29) is 16.5 Å². The summed E-state index contributed by atoms with van der Waals surface area (Å²) >= 11 is 0. The predicted molar refractivity (Wildman–Crippen MR) is 48.0 cm³/mol. The molecule has 5 nitrogen and oxygen atoms in total. The zero-order chi connectivity index (χ0) is 10.7. The van der Waals surface area contributed by atoms with Gasteiger partial charge in [-0.2, -0.15) is 10.5 Å². The normalized spacial score (nSPS) is 9.07. The highest BCUT2D eigenvalue weighted by Gasteiger charge is 2.07. The van der Waals surface area contributed by atoms with E-state index in [1.54, 1.807) is 19.1 Å². The number of nitrogens with zero attached hydrogens (tertiary/aromatic N) is 3. The molecule has 0 radical (unpaired) electrons. The molecular formula is C9H7N3O2. The van der Waals surface area contributed by atoms with Crippen LogP contribution in [0.15, 0.2) is 9.21 Å². The lowest BCUT2D eigenvalue weighted by atomic mass is 10.3. The van der Waals surface area contributed by atoms with E-state index in [9.17, 15) is 4.79 Å². The van der Waals surface area contributed by atoms with Crippen LogP contribution < -0.4 is 16.5 Å². The van der Waals surface area contributed by atoms with Gasteiger partial charge in [0, 0.05) is 6.54 Å². The van der Waals surface area contributed by atoms with Gasteiger partial charge < -0.3 is 4.42 Å². The summed E-state index contributed by atoms with van der Waals surface area (Å²) in [5, 5.41) is 17.2. The van der Waals surface area contributed by atoms with Gasteiger partial charge in [0.15, 0.2) is 11.0 Å². The summed E-state index contributed by atoms with van der Waals surface area (Å²) in [6, 6.07) is 3.32. The molecule has 1 heterocycles. The average molecular weight is 189 g/mol. The highest BCUT2D eigenvalue weighted by Crippen LogP contribution is 1.84. The monoisotopic (exact) mass is 189 g/mol. The Hall–Kier alpha value is -2.27. The van der Waals surface area contributed by atoms with Gasteiger partial charge in [0.1, 0.15) is 12.1 Å². The number of rotatable bonds is 1. The van der Waals surface area contributed by atoms with Crippen LogP contribution in [0.25, 0.3) is 12.2 Å². The maximum absolute atomic E-state index is 11.3. The van der Waals surface area contributed by atoms with Crippen molar-refractivity contribution in [2.75, 3.05) is 0 Å². The molecular weight excluding hydrogens is 182 g/mol. The Bertz CT molecular complexity index is 576. The molecule has 14 heavy (non-hydrogen) atoms. The lowest BCUT2D eigenvalue weighted by Crippen LogP contribution is -2.30. The molecule has 0 aliphatic rings. The molecule has 0 aliphatic heterocycles. The van der Waals surface area contributed by atoms with Gasteiger partial charge >= 0.3 is 0 Å². The summed E-state index contributed by atoms with van der Waals surface area (Å²) in [4.78, 5) is 11.3. The minimum Gasteiger partial charge on any atom is -0.433 e. The summed E-state index contributed by atoms with van der Waals surface area (Å²) in [6.45, 7) is 5.42. The van der Waals surface area contributed by atoms with Crippen molar-refractivity contribution in [2.24, 2.45) is 0 Å². The van der Waals surface area contributed by atoms with Crippen molar-refractivity contribution < 1.29 is 4.42 Å². The first-order chi connectivity index (χ1) is 6.65. The van der Waals surface area contributed by atoms with E-state index in [1.165, 1.54) is 4.57 Å². The number of nitriles is 2. The minimum atomic E-state index is -0.412. The van der Waals surface area contributed by atoms with Gasteiger partial charge in [-0.3, -0.25) is 9.36 Å². The molecule has 5 heteroatoms. The third-order valence-corrected chi connectivity index (χ3v) is 1.70. The Kier molecular flexibility index (Phi) is 2.54. The summed E-state index contributed by atoms with van der Waals surface area (Å²) < 4.78 is 6.14. The van der Waals surface area contributed by atoms with Crippen LogP contribution in [0, 0.1) is 22.7 Å². The maximum Gasteiger partial charge on any atom is 0.295 e. The van der Waals surface area contributed by atoms with E-state index in [4.69, 9.17) is 14.9 Å². The van der Waals surface area contributed by atoms with Crippen LogP contribution in [0.4, 0.5) is 0 Å². The first-order valence-corrected chi connectivity index (χ1v) is 3.88. The summed E-state index contributed by atoms with van der Waals surface area (Å²) in [7, 11) is 0. The van der Waals surface area contributed by atoms with E-state index in [2.05, 4.69) is 6.58 Å². The van der Waals surface area contributed by atoms with E-state index >= 15 is 0 Å². The van der Waals surface area contributed by atoms with Gasteiger partial charge in [0.05, 0.1) is 0 Å². The van der Waals surface area contributed by atoms with Crippen molar-refractivity contribution in [2.45, 2.75) is 13.5 Å². The minimum absolute atomic E-state index is 0.0208. The van der Waals surface area contributed by atoms with E-state index in [0.717, 1.165) is 0 Å². The Morgan fingerprint density at radius 2 is 2.14 bits per heavy atom. The third-order valence-electron chi connectivity index (χ3n) is 1.70. The highest BCUT2D eigenvalue weighted by molar-refractivity contribution is 5.70. The molecule has 0 aliphatic carbocycles. The second kappa shape index (κ2) is 3.63. The van der Waals surface area contributed by atoms with Gasteiger partial charge in [-0.1, -0.05) is 6.58 Å². The van der Waals surface area contributed by atoms with Crippen molar-refractivity contribution in [1.82, 2.24) is 4.57 Å². The van der Waals surface area contributed by atoms with E-state index in [0.29, 0.717) is 6.54 Å². The van der Waals surface area contributed by atoms with Crippen molar-refractivity contribution in [3.8, 4) is 12.1 Å². The average Bonchev–Trinajstić information content (AvgIpc) is 2.45. The fraction of sp³-hybridized carbons (Fsp3) is 0.222. The predicted octanol–water partition coefficient (Wildman–Crippen LogP) is -0.931. The second-order valence-electron chi connectivity index (χ2n) is 2.48. The van der Waals surface area contributed by atoms with Crippen molar-refractivity contribution in [1.29, 1.82) is 10.5 Å². The zero-order valence-electron chi connectivity index (χ0n) is 7.57. The van der Waals surface area contributed by atoms with Gasteiger partial charge in [-0.05, 0) is 6.92 Å². The Labute approximate surface area is 79.4 Å². The SMILES string of the molecule is C=c1oc(=C(C#N)C#N)n(CC)c1=O. The second-order valence-corrected chi connectivity index (χ2v) is 2.48. The molecule has 0 N–H and O–H groups in total. The van der Waals surface area contributed by atoms with Gasteiger partial charge in [-0.15, -0.1) is 0 Å². The molecule has 1 rings (SSSR count). The molecule has 0 spiro atoms. The summed E-state index contributed by atoms with van der Waals surface area (Å²) in [5.74, 6) is 0. The smallest absolute Gasteiger partial charge is 0.295 e.